The number of benzene rings is 2. The van der Waals surface area contributed by atoms with Crippen molar-refractivity contribution in [3.63, 3.8) is 0 Å². The van der Waals surface area contributed by atoms with E-state index < -0.39 is 75.8 Å². The summed E-state index contributed by atoms with van der Waals surface area (Å²) in [6.45, 7) is 9.93. The van der Waals surface area contributed by atoms with E-state index in [0.29, 0.717) is 40.9 Å². The summed E-state index contributed by atoms with van der Waals surface area (Å²) in [7, 11) is -1.68. The lowest BCUT2D eigenvalue weighted by Gasteiger charge is -2.37. The number of hydrogen-bond donors (Lipinski definition) is 2. The molecule has 4 aliphatic rings. The van der Waals surface area contributed by atoms with Gasteiger partial charge in [0, 0.05) is 61.0 Å². The fourth-order valence-electron chi connectivity index (χ4n) is 8.29. The first-order valence-corrected chi connectivity index (χ1v) is 21.1. The summed E-state index contributed by atoms with van der Waals surface area (Å²) in [5.74, 6) is -2.33. The maximum absolute atomic E-state index is 14.9. The minimum absolute atomic E-state index is 0.0158. The molecule has 0 bridgehead atoms. The highest BCUT2D eigenvalue weighted by Crippen LogP contribution is 2.48. The number of aromatic nitrogens is 1. The van der Waals surface area contributed by atoms with Gasteiger partial charge in [0.1, 0.15) is 35.4 Å². The molecule has 2 saturated carbocycles. The Morgan fingerprint density at radius 3 is 2.38 bits per heavy atom. The first-order chi connectivity index (χ1) is 27.6. The fraction of sp³-hybridized carbons (Fsp3) is 0.512. The van der Waals surface area contributed by atoms with Crippen LogP contribution >= 0.6 is 0 Å². The van der Waals surface area contributed by atoms with Crippen molar-refractivity contribution in [2.24, 2.45) is 17.3 Å². The Bertz CT molecular complexity index is 2160. The number of piperidine rings is 1. The second-order valence-corrected chi connectivity index (χ2v) is 17.9. The van der Waals surface area contributed by atoms with Gasteiger partial charge in [0.15, 0.2) is 0 Å². The molecule has 4 amide bonds. The van der Waals surface area contributed by atoms with Crippen LogP contribution in [-0.2, 0) is 30.1 Å². The van der Waals surface area contributed by atoms with Gasteiger partial charge in [-0.1, -0.05) is 57.2 Å². The fourth-order valence-corrected chi connectivity index (χ4v) is 9.12. The number of carbonyl (C=O) groups is 4. The summed E-state index contributed by atoms with van der Waals surface area (Å²) in [6, 6.07) is 15.3. The molecule has 7 rings (SSSR count). The maximum atomic E-state index is 14.9. The van der Waals surface area contributed by atoms with Crippen LogP contribution in [0.15, 0.2) is 67.3 Å². The second-order valence-electron chi connectivity index (χ2n) is 17.0. The molecule has 0 unspecified atom stereocenters. The van der Waals surface area contributed by atoms with Crippen LogP contribution in [0.1, 0.15) is 65.7 Å². The molecule has 13 nitrogen and oxygen atoms in total. The van der Waals surface area contributed by atoms with Crippen LogP contribution in [0.4, 0.5) is 4.39 Å². The van der Waals surface area contributed by atoms with E-state index in [2.05, 4.69) is 11.9 Å². The molecule has 1 aromatic heterocycles. The number of rotatable bonds is 13. The van der Waals surface area contributed by atoms with Gasteiger partial charge in [-0.05, 0) is 49.7 Å². The van der Waals surface area contributed by atoms with Crippen LogP contribution < -0.4 is 14.8 Å². The van der Waals surface area contributed by atoms with E-state index in [4.69, 9.17) is 14.5 Å². The minimum atomic E-state index is -3.25. The van der Waals surface area contributed by atoms with Gasteiger partial charge < -0.3 is 24.6 Å². The molecule has 2 aliphatic heterocycles. The van der Waals surface area contributed by atoms with Gasteiger partial charge in [-0.2, -0.15) is 0 Å². The van der Waals surface area contributed by atoms with Crippen molar-refractivity contribution >= 4 is 45.4 Å². The lowest BCUT2D eigenvalue weighted by atomic mass is 9.77. The molecule has 3 heterocycles. The van der Waals surface area contributed by atoms with Gasteiger partial charge in [-0.25, -0.2) is 22.1 Å². The predicted molar refractivity (Wildman–Crippen MR) is 216 cm³/mol. The Labute approximate surface area is 340 Å². The quantitative estimate of drug-likeness (QED) is 0.182. The average Bonchev–Trinajstić information content (AvgIpc) is 4.12. The molecule has 2 saturated heterocycles. The molecule has 2 aliphatic carbocycles. The summed E-state index contributed by atoms with van der Waals surface area (Å²) in [6.07, 6.45) is 1.48. The summed E-state index contributed by atoms with van der Waals surface area (Å²) < 4.78 is 51.6. The number of fused-ring (bicyclic) bond motifs is 1. The number of ether oxygens (including phenoxy) is 2. The summed E-state index contributed by atoms with van der Waals surface area (Å²) >= 11 is 0. The molecular weight excluding hydrogens is 766 g/mol. The predicted octanol–water partition coefficient (Wildman–Crippen LogP) is 4.85. The van der Waals surface area contributed by atoms with Crippen LogP contribution in [0.2, 0.25) is 0 Å². The number of halogens is 1. The molecule has 310 valence electrons. The number of alkyl halides is 1. The molecule has 0 radical (unpaired) electrons. The lowest BCUT2D eigenvalue weighted by Crippen LogP contribution is -2.57. The van der Waals surface area contributed by atoms with Crippen LogP contribution in [-0.4, -0.2) is 108 Å². The van der Waals surface area contributed by atoms with Gasteiger partial charge in [0.05, 0.1) is 30.8 Å². The van der Waals surface area contributed by atoms with E-state index in [1.54, 1.807) is 24.1 Å². The summed E-state index contributed by atoms with van der Waals surface area (Å²) in [5, 5.41) is 3.58. The molecule has 3 aromatic rings. The van der Waals surface area contributed by atoms with Crippen molar-refractivity contribution in [3.8, 4) is 22.8 Å². The molecule has 58 heavy (non-hydrogen) atoms. The van der Waals surface area contributed by atoms with Crippen LogP contribution in [0.25, 0.3) is 22.2 Å². The van der Waals surface area contributed by atoms with Crippen molar-refractivity contribution in [1.29, 1.82) is 0 Å². The third-order valence-corrected chi connectivity index (χ3v) is 12.9. The number of pyridine rings is 1. The lowest BCUT2D eigenvalue weighted by molar-refractivity contribution is -0.149. The van der Waals surface area contributed by atoms with Crippen molar-refractivity contribution in [2.45, 2.75) is 95.6 Å². The van der Waals surface area contributed by atoms with Crippen molar-refractivity contribution in [1.82, 2.24) is 24.4 Å². The number of carbonyl (C=O) groups excluding carboxylic acids is 4. The Kier molecular flexibility index (Phi) is 11.6. The van der Waals surface area contributed by atoms with E-state index in [1.165, 1.54) is 11.0 Å². The Balaban J connectivity index is 1.22. The summed E-state index contributed by atoms with van der Waals surface area (Å²) in [4.78, 5) is 65.0. The third kappa shape index (κ3) is 8.41. The van der Waals surface area contributed by atoms with E-state index in [1.807, 2.05) is 63.2 Å². The zero-order chi connectivity index (χ0) is 41.5. The highest BCUT2D eigenvalue weighted by atomic mass is 32.2. The van der Waals surface area contributed by atoms with Gasteiger partial charge in [0.2, 0.25) is 28.6 Å². The molecular formula is C43H52FN5O8S. The monoisotopic (exact) mass is 817 g/mol. The van der Waals surface area contributed by atoms with E-state index >= 15 is 0 Å². The van der Waals surface area contributed by atoms with Crippen LogP contribution in [0, 0.1) is 17.3 Å². The molecule has 15 heteroatoms. The van der Waals surface area contributed by atoms with Crippen molar-refractivity contribution < 1.29 is 41.5 Å². The normalized spacial score (nSPS) is 24.0. The van der Waals surface area contributed by atoms with Crippen LogP contribution in [0.5, 0.6) is 11.5 Å². The largest absolute Gasteiger partial charge is 0.497 e. The van der Waals surface area contributed by atoms with E-state index in [0.717, 1.165) is 9.87 Å². The van der Waals surface area contributed by atoms with Gasteiger partial charge in [0.25, 0.3) is 5.91 Å². The number of nitrogens with one attached hydrogen (secondary N) is 1. The Morgan fingerprint density at radius 2 is 1.78 bits per heavy atom. The van der Waals surface area contributed by atoms with Gasteiger partial charge in [-0.15, -0.1) is 6.58 Å². The molecule has 0 spiro atoms. The molecule has 1 N–H and O–H groups in total. The van der Waals surface area contributed by atoms with Gasteiger partial charge >= 0.3 is 0 Å². The van der Waals surface area contributed by atoms with Crippen molar-refractivity contribution in [2.75, 3.05) is 26.7 Å². The molecule has 4 fully saturated rings. The van der Waals surface area contributed by atoms with Crippen molar-refractivity contribution in [3.05, 3.63) is 67.3 Å². The smallest absolute Gasteiger partial charge is 0.262 e. The van der Waals surface area contributed by atoms with E-state index in [-0.39, 0.29) is 57.6 Å². The number of amides is 4. The number of nitrogens with zero attached hydrogens (tertiary/aromatic N) is 4. The minimum Gasteiger partial charge on any atom is -0.497 e. The number of thiol groups is 1. The maximum Gasteiger partial charge on any atom is 0.262 e. The van der Waals surface area contributed by atoms with E-state index in [9.17, 15) is 32.0 Å². The molecule has 2 aromatic carbocycles. The topological polar surface area (TPSA) is 156 Å². The third-order valence-electron chi connectivity index (χ3n) is 12.0. The Morgan fingerprint density at radius 1 is 1.07 bits per heavy atom. The average molecular weight is 818 g/mol. The second kappa shape index (κ2) is 16.3. The van der Waals surface area contributed by atoms with Gasteiger partial charge in [-0.3, -0.25) is 19.2 Å². The highest BCUT2D eigenvalue weighted by molar-refractivity contribution is 7.70. The first kappa shape index (κ1) is 41.1. The Hall–Kier alpha value is -5.05. The SMILES string of the molecule is C=C[C@@H]1C[C@]1(NC(=O)[C@@H]1C[C@@H](Oc2cc(-c3ccccc3)nc3cc(OC)ccc23)CN1C(=O)[C@@H](CC(=O)N1CCC(F)CC1)C(C)(C)C)C(=O)N(C1CC1)[SH](=O)=O. The highest BCUT2D eigenvalue weighted by Gasteiger charge is 2.63. The zero-order valence-corrected chi connectivity index (χ0v) is 34.3. The number of methoxy groups -OCH3 is 1. The standard InChI is InChI=1S/C43H52FN5O8S/c1-6-27-24-43(27,41(53)49(58(54)55)29-12-13-29)46-39(51)36-21-31(25-48(36)40(52)33(42(2,3)4)22-38(50)47-18-16-28(44)17-19-47)57-37-23-34(26-10-8-7-9-11-26)45-35-20-30(56-5)14-15-32(35)37/h6-11,14-15,20,23,27-29,31,33,36,58H,1,12-13,16-19,21-22,24-25H2,2-5H3,(H,46,51)/t27-,31-,33-,36+,43-/m1/s1. The number of likely N-dealkylation sites (tertiary alicyclic amines) is 2. The zero-order valence-electron chi connectivity index (χ0n) is 33.4. The van der Waals surface area contributed by atoms with Crippen LogP contribution in [0.3, 0.4) is 0 Å². The molecule has 5 atom stereocenters. The number of hydrogen-bond acceptors (Lipinski definition) is 9. The first-order valence-electron chi connectivity index (χ1n) is 20.0. The summed E-state index contributed by atoms with van der Waals surface area (Å²) in [5.41, 5.74) is -0.150.